The second-order valence-corrected chi connectivity index (χ2v) is 7.68. The van der Waals surface area contributed by atoms with E-state index in [-0.39, 0.29) is 0 Å². The maximum atomic E-state index is 4.96. The molecule has 2 aromatic carbocycles. The van der Waals surface area contributed by atoms with Crippen molar-refractivity contribution in [3.05, 3.63) is 72.6 Å². The van der Waals surface area contributed by atoms with Gasteiger partial charge in [0.25, 0.3) is 0 Å². The van der Waals surface area contributed by atoms with Crippen molar-refractivity contribution in [2.45, 2.75) is 12.8 Å². The van der Waals surface area contributed by atoms with Crippen molar-refractivity contribution >= 4 is 43.9 Å². The lowest BCUT2D eigenvalue weighted by Crippen LogP contribution is -2.04. The fourth-order valence-electron chi connectivity index (χ4n) is 4.38. The van der Waals surface area contributed by atoms with Crippen LogP contribution in [0.4, 0.5) is 0 Å². The maximum Gasteiger partial charge on any atom is 0.110 e. The van der Waals surface area contributed by atoms with Crippen molar-refractivity contribution in [2.75, 3.05) is 0 Å². The summed E-state index contributed by atoms with van der Waals surface area (Å²) in [6, 6.07) is 16.5. The minimum absolute atomic E-state index is 0.820. The van der Waals surface area contributed by atoms with Crippen molar-refractivity contribution in [1.82, 2.24) is 29.1 Å². The smallest absolute Gasteiger partial charge is 0.110 e. The summed E-state index contributed by atoms with van der Waals surface area (Å²) >= 11 is 0. The summed E-state index contributed by atoms with van der Waals surface area (Å²) in [5, 5.41) is 2.19. The fraction of sp³-hybridized carbons (Fsp3) is 0.167. The summed E-state index contributed by atoms with van der Waals surface area (Å²) in [5.74, 6) is 2.11. The minimum Gasteiger partial charge on any atom is -0.331 e. The molecule has 0 unspecified atom stereocenters. The number of nitrogens with zero attached hydrogens (tertiary/aromatic N) is 6. The summed E-state index contributed by atoms with van der Waals surface area (Å²) in [5.41, 5.74) is 6.25. The van der Waals surface area contributed by atoms with Gasteiger partial charge in [0.05, 0.1) is 33.1 Å². The molecule has 30 heavy (non-hydrogen) atoms. The van der Waals surface area contributed by atoms with Gasteiger partial charge in [-0.1, -0.05) is 0 Å². The molecule has 0 saturated carbocycles. The van der Waals surface area contributed by atoms with E-state index in [1.807, 2.05) is 24.5 Å². The van der Waals surface area contributed by atoms with Crippen LogP contribution < -0.4 is 0 Å². The summed E-state index contributed by atoms with van der Waals surface area (Å²) in [4.78, 5) is 18.8. The van der Waals surface area contributed by atoms with Crippen LogP contribution in [0.5, 0.6) is 0 Å². The molecule has 6 aromatic rings. The van der Waals surface area contributed by atoms with Gasteiger partial charge in [-0.2, -0.15) is 0 Å². The van der Waals surface area contributed by atoms with Crippen LogP contribution in [0.3, 0.4) is 0 Å². The number of hydrogen-bond donors (Lipinski definition) is 0. The molecule has 6 nitrogen and oxygen atoms in total. The SMILES string of the molecule is Cn1c(CCc2nc3c4cccnc4ccc3n2C)nc2c3cccnc3ccc21. The average Bonchev–Trinajstić information content (AvgIpc) is 3.29. The third-order valence-electron chi connectivity index (χ3n) is 6.02. The Hall–Kier alpha value is -3.80. The second-order valence-electron chi connectivity index (χ2n) is 7.68. The van der Waals surface area contributed by atoms with E-state index in [0.29, 0.717) is 0 Å². The molecule has 6 heteroatoms. The lowest BCUT2D eigenvalue weighted by molar-refractivity contribution is 0.732. The summed E-state index contributed by atoms with van der Waals surface area (Å²) in [6.45, 7) is 0. The van der Waals surface area contributed by atoms with Crippen LogP contribution in [0.15, 0.2) is 60.9 Å². The van der Waals surface area contributed by atoms with E-state index >= 15 is 0 Å². The number of benzene rings is 2. The number of pyridine rings is 2. The summed E-state index contributed by atoms with van der Waals surface area (Å²) in [6.07, 6.45) is 5.28. The molecule has 0 atom stereocenters. The molecular formula is C24H20N6. The van der Waals surface area contributed by atoms with E-state index in [4.69, 9.17) is 9.97 Å². The van der Waals surface area contributed by atoms with Gasteiger partial charge >= 0.3 is 0 Å². The Morgan fingerprint density at radius 3 is 1.57 bits per heavy atom. The highest BCUT2D eigenvalue weighted by molar-refractivity contribution is 6.03. The minimum atomic E-state index is 0.820. The van der Waals surface area contributed by atoms with Gasteiger partial charge in [-0.05, 0) is 48.5 Å². The van der Waals surface area contributed by atoms with Gasteiger partial charge in [0.2, 0.25) is 0 Å². The van der Waals surface area contributed by atoms with Gasteiger partial charge in [0.1, 0.15) is 11.6 Å². The van der Waals surface area contributed by atoms with Crippen LogP contribution in [0.25, 0.3) is 43.9 Å². The Bertz CT molecular complexity index is 1450. The van der Waals surface area contributed by atoms with Gasteiger partial charge < -0.3 is 9.13 Å². The number of fused-ring (bicyclic) bond motifs is 6. The largest absolute Gasteiger partial charge is 0.331 e. The van der Waals surface area contributed by atoms with Gasteiger partial charge in [0, 0.05) is 50.1 Å². The van der Waals surface area contributed by atoms with Crippen LogP contribution in [-0.4, -0.2) is 29.1 Å². The first-order chi connectivity index (χ1) is 14.7. The quantitative estimate of drug-likeness (QED) is 0.449. The van der Waals surface area contributed by atoms with E-state index in [1.54, 1.807) is 0 Å². The van der Waals surface area contributed by atoms with E-state index in [9.17, 15) is 0 Å². The normalized spacial score (nSPS) is 11.9. The molecule has 0 amide bonds. The molecule has 0 aliphatic rings. The van der Waals surface area contributed by atoms with Crippen molar-refractivity contribution < 1.29 is 0 Å². The average molecular weight is 392 g/mol. The first-order valence-corrected chi connectivity index (χ1v) is 10.1. The molecule has 0 aliphatic carbocycles. The lowest BCUT2D eigenvalue weighted by Gasteiger charge is -2.04. The molecule has 4 aromatic heterocycles. The zero-order chi connectivity index (χ0) is 20.2. The molecule has 0 N–H and O–H groups in total. The van der Waals surface area contributed by atoms with E-state index in [1.165, 1.54) is 0 Å². The van der Waals surface area contributed by atoms with Crippen molar-refractivity contribution in [3.8, 4) is 0 Å². The Labute approximate surface area is 172 Å². The van der Waals surface area contributed by atoms with Crippen LogP contribution in [0, 0.1) is 0 Å². The monoisotopic (exact) mass is 392 g/mol. The molecule has 0 saturated heterocycles. The molecule has 0 aliphatic heterocycles. The zero-order valence-electron chi connectivity index (χ0n) is 16.9. The first kappa shape index (κ1) is 17.1. The molecule has 0 spiro atoms. The van der Waals surface area contributed by atoms with Gasteiger partial charge in [-0.15, -0.1) is 0 Å². The fourth-order valence-corrected chi connectivity index (χ4v) is 4.38. The topological polar surface area (TPSA) is 61.4 Å². The Morgan fingerprint density at radius 2 is 1.10 bits per heavy atom. The maximum absolute atomic E-state index is 4.96. The van der Waals surface area contributed by atoms with Gasteiger partial charge in [0.15, 0.2) is 0 Å². The molecule has 0 radical (unpaired) electrons. The Balaban J connectivity index is 1.41. The van der Waals surface area contributed by atoms with Crippen LogP contribution >= 0.6 is 0 Å². The predicted octanol–water partition coefficient (Wildman–Crippen LogP) is 4.34. The second kappa shape index (κ2) is 6.35. The van der Waals surface area contributed by atoms with Crippen LogP contribution in [0.1, 0.15) is 11.6 Å². The third-order valence-corrected chi connectivity index (χ3v) is 6.02. The molecule has 0 fully saturated rings. The number of imidazole rings is 2. The summed E-state index contributed by atoms with van der Waals surface area (Å²) < 4.78 is 4.37. The molecular weight excluding hydrogens is 372 g/mol. The number of hydrogen-bond acceptors (Lipinski definition) is 4. The zero-order valence-corrected chi connectivity index (χ0v) is 16.9. The number of rotatable bonds is 3. The highest BCUT2D eigenvalue weighted by Crippen LogP contribution is 2.26. The molecule has 146 valence electrons. The van der Waals surface area contributed by atoms with Gasteiger partial charge in [-0.3, -0.25) is 9.97 Å². The van der Waals surface area contributed by atoms with Crippen molar-refractivity contribution in [3.63, 3.8) is 0 Å². The molecule has 6 rings (SSSR count). The number of aryl methyl sites for hydroxylation is 4. The molecule has 4 heterocycles. The Kier molecular flexibility index (Phi) is 3.62. The summed E-state index contributed by atoms with van der Waals surface area (Å²) in [7, 11) is 4.17. The highest BCUT2D eigenvalue weighted by atomic mass is 15.1. The van der Waals surface area contributed by atoms with E-state index in [0.717, 1.165) is 68.4 Å². The third kappa shape index (κ3) is 2.43. The predicted molar refractivity (Wildman–Crippen MR) is 119 cm³/mol. The van der Waals surface area contributed by atoms with Crippen LogP contribution in [-0.2, 0) is 26.9 Å². The van der Waals surface area contributed by atoms with E-state index < -0.39 is 0 Å². The van der Waals surface area contributed by atoms with Gasteiger partial charge in [-0.25, -0.2) is 9.97 Å². The highest BCUT2D eigenvalue weighted by Gasteiger charge is 2.14. The van der Waals surface area contributed by atoms with E-state index in [2.05, 4.69) is 69.6 Å². The Morgan fingerprint density at radius 1 is 0.633 bits per heavy atom. The lowest BCUT2D eigenvalue weighted by atomic mass is 10.2. The standard InChI is InChI=1S/C24H20N6/c1-29-19-9-7-17-15(5-3-13-25-17)23(19)27-21(29)11-12-22-28-24-16-6-4-14-26-18(16)8-10-20(24)30(22)2/h3-10,13-14H,11-12H2,1-2H3. The van der Waals surface area contributed by atoms with Crippen molar-refractivity contribution in [2.24, 2.45) is 14.1 Å². The number of aromatic nitrogens is 6. The molecule has 0 bridgehead atoms. The van der Waals surface area contributed by atoms with Crippen LogP contribution in [0.2, 0.25) is 0 Å². The van der Waals surface area contributed by atoms with Crippen molar-refractivity contribution in [1.29, 1.82) is 0 Å². The first-order valence-electron chi connectivity index (χ1n) is 10.1.